The van der Waals surface area contributed by atoms with Gasteiger partial charge in [-0.15, -0.1) is 0 Å². The Morgan fingerprint density at radius 3 is 2.62 bits per heavy atom. The molecule has 3 rings (SSSR count). The van der Waals surface area contributed by atoms with E-state index in [4.69, 9.17) is 10.6 Å². The van der Waals surface area contributed by atoms with Crippen molar-refractivity contribution in [3.63, 3.8) is 0 Å². The zero-order chi connectivity index (χ0) is 16.9. The minimum Gasteiger partial charge on any atom is -0.494 e. The van der Waals surface area contributed by atoms with Crippen molar-refractivity contribution < 1.29 is 9.13 Å². The minimum atomic E-state index is -0.235. The number of hydrazine groups is 1. The fraction of sp³-hybridized carbons (Fsp3) is 0.316. The van der Waals surface area contributed by atoms with Crippen LogP contribution in [0.2, 0.25) is 0 Å². The molecule has 0 bridgehead atoms. The van der Waals surface area contributed by atoms with Gasteiger partial charge in [-0.1, -0.05) is 37.3 Å². The standard InChI is InChI=1S/C19H22FN3O/c1-2-11-24-17-8-7-16(18(20)13-17)12-14-3-5-15(6-4-14)19-22-9-10-23(19)21/h3-8,13H,2,9-12,21H2,1H3. The molecule has 126 valence electrons. The summed E-state index contributed by atoms with van der Waals surface area (Å²) in [6.07, 6.45) is 1.44. The summed E-state index contributed by atoms with van der Waals surface area (Å²) in [6, 6.07) is 13.0. The van der Waals surface area contributed by atoms with Gasteiger partial charge in [0.1, 0.15) is 17.4 Å². The Hall–Kier alpha value is -2.40. The van der Waals surface area contributed by atoms with Gasteiger partial charge in [0.2, 0.25) is 0 Å². The molecule has 1 heterocycles. The maximum Gasteiger partial charge on any atom is 0.145 e. The molecule has 5 heteroatoms. The second kappa shape index (κ2) is 7.45. The predicted octanol–water partition coefficient (Wildman–Crippen LogP) is 3.14. The average molecular weight is 327 g/mol. The molecule has 0 aromatic heterocycles. The first-order chi connectivity index (χ1) is 11.7. The van der Waals surface area contributed by atoms with Crippen molar-refractivity contribution in [3.05, 3.63) is 65.0 Å². The zero-order valence-corrected chi connectivity index (χ0v) is 13.8. The Kier molecular flexibility index (Phi) is 5.11. The Balaban J connectivity index is 1.70. The molecule has 24 heavy (non-hydrogen) atoms. The molecule has 0 radical (unpaired) electrons. The molecule has 2 aromatic carbocycles. The summed E-state index contributed by atoms with van der Waals surface area (Å²) in [5, 5.41) is 1.66. The van der Waals surface area contributed by atoms with E-state index in [0.29, 0.717) is 24.3 Å². The third-order valence-electron chi connectivity index (χ3n) is 3.98. The highest BCUT2D eigenvalue weighted by Crippen LogP contribution is 2.20. The number of benzene rings is 2. The quantitative estimate of drug-likeness (QED) is 0.829. The van der Waals surface area contributed by atoms with E-state index >= 15 is 0 Å². The van der Waals surface area contributed by atoms with Gasteiger partial charge in [-0.05, 0) is 23.6 Å². The number of nitrogens with zero attached hydrogens (tertiary/aromatic N) is 2. The van der Waals surface area contributed by atoms with Gasteiger partial charge in [-0.25, -0.2) is 10.2 Å². The summed E-state index contributed by atoms with van der Waals surface area (Å²) < 4.78 is 19.7. The van der Waals surface area contributed by atoms with Crippen molar-refractivity contribution in [3.8, 4) is 5.75 Å². The fourth-order valence-electron chi connectivity index (χ4n) is 2.69. The average Bonchev–Trinajstić information content (AvgIpc) is 3.02. The van der Waals surface area contributed by atoms with Crippen molar-refractivity contribution in [2.24, 2.45) is 10.8 Å². The number of amidine groups is 1. The summed E-state index contributed by atoms with van der Waals surface area (Å²) >= 11 is 0. The summed E-state index contributed by atoms with van der Waals surface area (Å²) in [5.41, 5.74) is 2.69. The van der Waals surface area contributed by atoms with Gasteiger partial charge in [-0.3, -0.25) is 10.0 Å². The molecule has 0 aliphatic carbocycles. The van der Waals surface area contributed by atoms with Crippen LogP contribution in [0.25, 0.3) is 0 Å². The number of nitrogens with two attached hydrogens (primary N) is 1. The summed E-state index contributed by atoms with van der Waals surface area (Å²) in [4.78, 5) is 4.39. The summed E-state index contributed by atoms with van der Waals surface area (Å²) in [6.45, 7) is 4.09. The van der Waals surface area contributed by atoms with Crippen molar-refractivity contribution in [1.29, 1.82) is 0 Å². The monoisotopic (exact) mass is 327 g/mol. The highest BCUT2D eigenvalue weighted by molar-refractivity contribution is 5.99. The highest BCUT2D eigenvalue weighted by atomic mass is 19.1. The van der Waals surface area contributed by atoms with Crippen LogP contribution in [0.1, 0.15) is 30.0 Å². The molecule has 1 aliphatic rings. The lowest BCUT2D eigenvalue weighted by atomic mass is 10.0. The van der Waals surface area contributed by atoms with Gasteiger partial charge in [-0.2, -0.15) is 0 Å². The number of ether oxygens (including phenoxy) is 1. The van der Waals surface area contributed by atoms with Gasteiger partial charge < -0.3 is 4.74 Å². The normalized spacial score (nSPS) is 14.0. The van der Waals surface area contributed by atoms with E-state index in [1.807, 2.05) is 37.3 Å². The van der Waals surface area contributed by atoms with Crippen LogP contribution in [0, 0.1) is 5.82 Å². The number of hydrogen-bond donors (Lipinski definition) is 1. The van der Waals surface area contributed by atoms with Gasteiger partial charge in [0.05, 0.1) is 19.7 Å². The van der Waals surface area contributed by atoms with Crippen LogP contribution < -0.4 is 10.6 Å². The largest absolute Gasteiger partial charge is 0.494 e. The van der Waals surface area contributed by atoms with Gasteiger partial charge in [0, 0.05) is 18.1 Å². The van der Waals surface area contributed by atoms with Crippen LogP contribution in [0.3, 0.4) is 0 Å². The van der Waals surface area contributed by atoms with Gasteiger partial charge in [0.15, 0.2) is 0 Å². The lowest BCUT2D eigenvalue weighted by Crippen LogP contribution is -2.34. The molecule has 2 N–H and O–H groups in total. The molecule has 2 aromatic rings. The van der Waals surface area contributed by atoms with Crippen LogP contribution in [0.4, 0.5) is 4.39 Å². The SMILES string of the molecule is CCCOc1ccc(Cc2ccc(C3=NCCN3N)cc2)c(F)c1. The first-order valence-corrected chi connectivity index (χ1v) is 8.24. The first-order valence-electron chi connectivity index (χ1n) is 8.24. The van der Waals surface area contributed by atoms with Crippen LogP contribution in [-0.4, -0.2) is 30.5 Å². The maximum atomic E-state index is 14.2. The van der Waals surface area contributed by atoms with E-state index in [2.05, 4.69) is 4.99 Å². The fourth-order valence-corrected chi connectivity index (χ4v) is 2.69. The zero-order valence-electron chi connectivity index (χ0n) is 13.8. The second-order valence-electron chi connectivity index (χ2n) is 5.87. The van der Waals surface area contributed by atoms with Crippen LogP contribution in [-0.2, 0) is 6.42 Å². The lowest BCUT2D eigenvalue weighted by molar-refractivity contribution is 0.315. The molecule has 0 spiro atoms. The molecule has 1 aliphatic heterocycles. The number of hydrogen-bond acceptors (Lipinski definition) is 4. The molecule has 0 fully saturated rings. The summed E-state index contributed by atoms with van der Waals surface area (Å²) in [7, 11) is 0. The molecule has 0 atom stereocenters. The van der Waals surface area contributed by atoms with E-state index in [9.17, 15) is 4.39 Å². The van der Waals surface area contributed by atoms with E-state index in [1.54, 1.807) is 11.1 Å². The predicted molar refractivity (Wildman–Crippen MR) is 93.7 cm³/mol. The summed E-state index contributed by atoms with van der Waals surface area (Å²) in [5.74, 6) is 7.04. The van der Waals surface area contributed by atoms with Crippen molar-refractivity contribution in [1.82, 2.24) is 5.01 Å². The van der Waals surface area contributed by atoms with E-state index in [0.717, 1.165) is 36.5 Å². The van der Waals surface area contributed by atoms with Gasteiger partial charge >= 0.3 is 0 Å². The van der Waals surface area contributed by atoms with Gasteiger partial charge in [0.25, 0.3) is 0 Å². The second-order valence-corrected chi connectivity index (χ2v) is 5.87. The molecular formula is C19H22FN3O. The third kappa shape index (κ3) is 3.74. The van der Waals surface area contributed by atoms with Crippen molar-refractivity contribution in [2.45, 2.75) is 19.8 Å². The smallest absolute Gasteiger partial charge is 0.145 e. The third-order valence-corrected chi connectivity index (χ3v) is 3.98. The topological polar surface area (TPSA) is 50.8 Å². The van der Waals surface area contributed by atoms with E-state index < -0.39 is 0 Å². The van der Waals surface area contributed by atoms with Crippen molar-refractivity contribution in [2.75, 3.05) is 19.7 Å². The molecule has 0 saturated heterocycles. The number of halogens is 1. The Labute approximate surface area is 141 Å². The number of aliphatic imine (C=N–C) groups is 1. The Bertz CT molecular complexity index is 728. The Morgan fingerprint density at radius 2 is 2.00 bits per heavy atom. The van der Waals surface area contributed by atoms with E-state index in [-0.39, 0.29) is 5.82 Å². The highest BCUT2D eigenvalue weighted by Gasteiger charge is 2.15. The van der Waals surface area contributed by atoms with Crippen molar-refractivity contribution >= 4 is 5.84 Å². The maximum absolute atomic E-state index is 14.2. The molecule has 4 nitrogen and oxygen atoms in total. The van der Waals surface area contributed by atoms with Crippen LogP contribution >= 0.6 is 0 Å². The number of rotatable bonds is 6. The lowest BCUT2D eigenvalue weighted by Gasteiger charge is -2.13. The molecule has 0 saturated carbocycles. The van der Waals surface area contributed by atoms with Crippen LogP contribution in [0.5, 0.6) is 5.75 Å². The van der Waals surface area contributed by atoms with E-state index in [1.165, 1.54) is 6.07 Å². The minimum absolute atomic E-state index is 0.235. The Morgan fingerprint density at radius 1 is 1.21 bits per heavy atom. The molecule has 0 unspecified atom stereocenters. The first kappa shape index (κ1) is 16.5. The molecule has 0 amide bonds. The molecular weight excluding hydrogens is 305 g/mol. The van der Waals surface area contributed by atoms with Crippen LogP contribution in [0.15, 0.2) is 47.5 Å².